The van der Waals surface area contributed by atoms with E-state index >= 15 is 0 Å². The summed E-state index contributed by atoms with van der Waals surface area (Å²) in [7, 11) is 0. The molecule has 0 unspecified atom stereocenters. The van der Waals surface area contributed by atoms with Crippen LogP contribution in [-0.4, -0.2) is 43.0 Å². The summed E-state index contributed by atoms with van der Waals surface area (Å²) in [5.74, 6) is 0.698. The fourth-order valence-corrected chi connectivity index (χ4v) is 3.70. The van der Waals surface area contributed by atoms with E-state index in [0.29, 0.717) is 30.6 Å². The van der Waals surface area contributed by atoms with E-state index in [1.165, 1.54) is 5.56 Å². The number of hydrogen-bond donors (Lipinski definition) is 1. The first-order chi connectivity index (χ1) is 11.6. The molecule has 2 fully saturated rings. The Labute approximate surface area is 143 Å². The summed E-state index contributed by atoms with van der Waals surface area (Å²) < 4.78 is 5.34. The summed E-state index contributed by atoms with van der Waals surface area (Å²) in [5, 5.41) is 0. The molecule has 130 valence electrons. The van der Waals surface area contributed by atoms with Gasteiger partial charge in [-0.2, -0.15) is 0 Å². The second-order valence-electron chi connectivity index (χ2n) is 6.92. The number of rotatable bonds is 4. The number of piperidine rings is 1. The number of benzene rings is 1. The Kier molecular flexibility index (Phi) is 5.51. The van der Waals surface area contributed by atoms with Crippen LogP contribution in [0.15, 0.2) is 24.3 Å². The van der Waals surface area contributed by atoms with Gasteiger partial charge in [0.2, 0.25) is 11.8 Å². The zero-order valence-corrected chi connectivity index (χ0v) is 14.1. The van der Waals surface area contributed by atoms with Crippen molar-refractivity contribution in [2.75, 3.05) is 26.3 Å². The molecule has 1 aromatic rings. The van der Waals surface area contributed by atoms with Gasteiger partial charge >= 0.3 is 0 Å². The summed E-state index contributed by atoms with van der Waals surface area (Å²) in [4.78, 5) is 25.7. The van der Waals surface area contributed by atoms with E-state index in [4.69, 9.17) is 10.5 Å². The lowest BCUT2D eigenvalue weighted by molar-refractivity contribution is -0.139. The number of carbonyl (C=O) groups excluding carboxylic acids is 2. The van der Waals surface area contributed by atoms with E-state index in [0.717, 1.165) is 45.2 Å². The van der Waals surface area contributed by atoms with Gasteiger partial charge in [-0.05, 0) is 55.7 Å². The van der Waals surface area contributed by atoms with Crippen LogP contribution in [-0.2, 0) is 16.0 Å². The van der Waals surface area contributed by atoms with Crippen molar-refractivity contribution >= 4 is 11.8 Å². The van der Waals surface area contributed by atoms with Gasteiger partial charge in [0.25, 0.3) is 0 Å². The molecule has 2 amide bonds. The lowest BCUT2D eigenvalue weighted by atomic mass is 9.89. The van der Waals surface area contributed by atoms with E-state index < -0.39 is 0 Å². The van der Waals surface area contributed by atoms with Crippen molar-refractivity contribution in [3.8, 4) is 0 Å². The van der Waals surface area contributed by atoms with Crippen LogP contribution in [0.25, 0.3) is 0 Å². The maximum atomic E-state index is 12.5. The van der Waals surface area contributed by atoms with E-state index in [9.17, 15) is 9.59 Å². The molecular formula is C19H26N2O3. The molecule has 5 heteroatoms. The summed E-state index contributed by atoms with van der Waals surface area (Å²) in [5.41, 5.74) is 7.05. The van der Waals surface area contributed by atoms with Crippen LogP contribution < -0.4 is 5.73 Å². The third-order valence-corrected chi connectivity index (χ3v) is 5.26. The van der Waals surface area contributed by atoms with Crippen LogP contribution >= 0.6 is 0 Å². The highest BCUT2D eigenvalue weighted by molar-refractivity contribution is 5.92. The van der Waals surface area contributed by atoms with Crippen molar-refractivity contribution < 1.29 is 14.3 Å². The molecule has 2 saturated heterocycles. The van der Waals surface area contributed by atoms with E-state index in [-0.39, 0.29) is 11.8 Å². The Morgan fingerprint density at radius 2 is 1.67 bits per heavy atom. The quantitative estimate of drug-likeness (QED) is 0.917. The minimum atomic E-state index is -0.388. The van der Waals surface area contributed by atoms with Crippen LogP contribution in [0.4, 0.5) is 0 Å². The van der Waals surface area contributed by atoms with Gasteiger partial charge in [0.1, 0.15) is 0 Å². The molecule has 5 nitrogen and oxygen atoms in total. The maximum Gasteiger partial charge on any atom is 0.248 e. The lowest BCUT2D eigenvalue weighted by Gasteiger charge is -2.35. The van der Waals surface area contributed by atoms with E-state index in [1.807, 2.05) is 17.0 Å². The monoisotopic (exact) mass is 330 g/mol. The van der Waals surface area contributed by atoms with Crippen molar-refractivity contribution in [3.63, 3.8) is 0 Å². The van der Waals surface area contributed by atoms with Gasteiger partial charge in [0.15, 0.2) is 0 Å². The van der Waals surface area contributed by atoms with E-state index in [2.05, 4.69) is 0 Å². The Morgan fingerprint density at radius 3 is 2.25 bits per heavy atom. The number of nitrogens with zero attached hydrogens (tertiary/aromatic N) is 1. The fourth-order valence-electron chi connectivity index (χ4n) is 3.70. The van der Waals surface area contributed by atoms with Crippen LogP contribution in [0.2, 0.25) is 0 Å². The Hall–Kier alpha value is -1.88. The van der Waals surface area contributed by atoms with Gasteiger partial charge in [-0.15, -0.1) is 0 Å². The second kappa shape index (κ2) is 7.79. The minimum absolute atomic E-state index is 0.164. The molecule has 2 aliphatic heterocycles. The molecule has 1 aromatic carbocycles. The molecule has 3 rings (SSSR count). The zero-order chi connectivity index (χ0) is 16.9. The molecule has 0 aliphatic carbocycles. The third kappa shape index (κ3) is 4.15. The van der Waals surface area contributed by atoms with Gasteiger partial charge in [-0.25, -0.2) is 0 Å². The second-order valence-corrected chi connectivity index (χ2v) is 6.92. The zero-order valence-electron chi connectivity index (χ0n) is 14.1. The minimum Gasteiger partial charge on any atom is -0.381 e. The van der Waals surface area contributed by atoms with Crippen molar-refractivity contribution in [1.29, 1.82) is 0 Å². The number of amides is 2. The molecule has 0 spiro atoms. The van der Waals surface area contributed by atoms with Crippen LogP contribution in [0, 0.1) is 11.8 Å². The first kappa shape index (κ1) is 17.0. The average molecular weight is 330 g/mol. The van der Waals surface area contributed by atoms with Crippen molar-refractivity contribution in [2.45, 2.75) is 32.1 Å². The predicted octanol–water partition coefficient (Wildman–Crippen LogP) is 1.99. The number of primary amides is 1. The third-order valence-electron chi connectivity index (χ3n) is 5.26. The Balaban J connectivity index is 1.48. The smallest absolute Gasteiger partial charge is 0.248 e. The standard InChI is InChI=1S/C19H26N2O3/c20-18(22)16-3-1-14(2-4-16)13-15-5-9-21(10-6-15)19(23)17-7-11-24-12-8-17/h1-4,15,17H,5-13H2,(H2,20,22). The Bertz CT molecular complexity index is 571. The van der Waals surface area contributed by atoms with Crippen LogP contribution in [0.5, 0.6) is 0 Å². The average Bonchev–Trinajstić information content (AvgIpc) is 2.63. The highest BCUT2D eigenvalue weighted by Gasteiger charge is 2.29. The summed E-state index contributed by atoms with van der Waals surface area (Å²) >= 11 is 0. The topological polar surface area (TPSA) is 72.6 Å². The highest BCUT2D eigenvalue weighted by Crippen LogP contribution is 2.25. The number of likely N-dealkylation sites (tertiary alicyclic amines) is 1. The molecule has 2 heterocycles. The predicted molar refractivity (Wildman–Crippen MR) is 91.5 cm³/mol. The number of ether oxygens (including phenoxy) is 1. The Morgan fingerprint density at radius 1 is 1.04 bits per heavy atom. The number of nitrogens with two attached hydrogens (primary N) is 1. The van der Waals surface area contributed by atoms with Crippen LogP contribution in [0.1, 0.15) is 41.6 Å². The molecule has 2 aliphatic rings. The first-order valence-electron chi connectivity index (χ1n) is 8.89. The summed E-state index contributed by atoms with van der Waals surface area (Å²) in [6, 6.07) is 7.56. The van der Waals surface area contributed by atoms with E-state index in [1.54, 1.807) is 12.1 Å². The van der Waals surface area contributed by atoms with Crippen LogP contribution in [0.3, 0.4) is 0 Å². The van der Waals surface area contributed by atoms with Gasteiger partial charge < -0.3 is 15.4 Å². The van der Waals surface area contributed by atoms with Crippen molar-refractivity contribution in [2.24, 2.45) is 17.6 Å². The summed E-state index contributed by atoms with van der Waals surface area (Å²) in [6.45, 7) is 3.16. The van der Waals surface area contributed by atoms with Gasteiger partial charge in [-0.3, -0.25) is 9.59 Å². The normalized spacial score (nSPS) is 20.1. The van der Waals surface area contributed by atoms with Gasteiger partial charge in [-0.1, -0.05) is 12.1 Å². The molecule has 24 heavy (non-hydrogen) atoms. The SMILES string of the molecule is NC(=O)c1ccc(CC2CCN(C(=O)C3CCOCC3)CC2)cc1. The molecule has 2 N–H and O–H groups in total. The van der Waals surface area contributed by atoms with Crippen molar-refractivity contribution in [1.82, 2.24) is 4.90 Å². The first-order valence-corrected chi connectivity index (χ1v) is 8.89. The molecule has 0 aromatic heterocycles. The summed E-state index contributed by atoms with van der Waals surface area (Å²) in [6.07, 6.45) is 4.83. The molecule has 0 saturated carbocycles. The molecule has 0 bridgehead atoms. The van der Waals surface area contributed by atoms with Gasteiger partial charge in [0, 0.05) is 37.8 Å². The van der Waals surface area contributed by atoms with Gasteiger partial charge in [0.05, 0.1) is 0 Å². The molecule has 0 atom stereocenters. The highest BCUT2D eigenvalue weighted by atomic mass is 16.5. The fraction of sp³-hybridized carbons (Fsp3) is 0.579. The molecular weight excluding hydrogens is 304 g/mol. The lowest BCUT2D eigenvalue weighted by Crippen LogP contribution is -2.43. The number of carbonyl (C=O) groups is 2. The maximum absolute atomic E-state index is 12.5. The molecule has 0 radical (unpaired) electrons. The van der Waals surface area contributed by atoms with Crippen molar-refractivity contribution in [3.05, 3.63) is 35.4 Å². The largest absolute Gasteiger partial charge is 0.381 e. The number of hydrogen-bond acceptors (Lipinski definition) is 3.